The summed E-state index contributed by atoms with van der Waals surface area (Å²) in [7, 11) is 0. The number of anilines is 2. The minimum Gasteiger partial charge on any atom is -0.478 e. The molecule has 4 amide bonds. The van der Waals surface area contributed by atoms with Gasteiger partial charge in [0.25, 0.3) is 11.8 Å². The summed E-state index contributed by atoms with van der Waals surface area (Å²) < 4.78 is 0. The molecule has 210 valence electrons. The van der Waals surface area contributed by atoms with Crippen LogP contribution in [0.15, 0.2) is 107 Å². The van der Waals surface area contributed by atoms with Gasteiger partial charge in [0.15, 0.2) is 0 Å². The standard InChI is InChI=1S/C31H23N3O6S2/c35-27-18-26(30(38)34(27)22-13-11-20(12-14-22)31(39)40)42-24-9-4-8-21(16-24)32-29(37)25(17-23-10-5-15-41-23)33-28(36)19-6-2-1-3-7-19/h1-17,26H,18H2,(H,32,37)(H,33,36)(H,39,40)/b25-17+/t26-/m1/s1. The lowest BCUT2D eigenvalue weighted by Gasteiger charge is -2.15. The number of hydrogen-bond donors (Lipinski definition) is 3. The molecule has 0 aliphatic carbocycles. The van der Waals surface area contributed by atoms with Gasteiger partial charge in [-0.3, -0.25) is 19.2 Å². The monoisotopic (exact) mass is 597 g/mol. The van der Waals surface area contributed by atoms with Crippen LogP contribution < -0.4 is 15.5 Å². The van der Waals surface area contributed by atoms with Crippen LogP contribution >= 0.6 is 23.1 Å². The number of thiophene rings is 1. The average Bonchev–Trinajstić information content (AvgIpc) is 3.60. The predicted molar refractivity (Wildman–Crippen MR) is 161 cm³/mol. The Morgan fingerprint density at radius 2 is 1.67 bits per heavy atom. The zero-order valence-corrected chi connectivity index (χ0v) is 23.5. The number of benzene rings is 3. The lowest BCUT2D eigenvalue weighted by Crippen LogP contribution is -2.31. The van der Waals surface area contributed by atoms with Crippen LogP contribution in [0.3, 0.4) is 0 Å². The van der Waals surface area contributed by atoms with Crippen molar-refractivity contribution in [1.82, 2.24) is 5.32 Å². The van der Waals surface area contributed by atoms with Gasteiger partial charge in [-0.15, -0.1) is 23.1 Å². The van der Waals surface area contributed by atoms with Gasteiger partial charge >= 0.3 is 5.97 Å². The number of nitrogens with zero attached hydrogens (tertiary/aromatic N) is 1. The van der Waals surface area contributed by atoms with Crippen molar-refractivity contribution in [2.45, 2.75) is 16.6 Å². The van der Waals surface area contributed by atoms with E-state index in [0.29, 0.717) is 21.8 Å². The second-order valence-corrected chi connectivity index (χ2v) is 11.4. The number of carbonyl (C=O) groups excluding carboxylic acids is 4. The van der Waals surface area contributed by atoms with Gasteiger partial charge in [0.05, 0.1) is 16.5 Å². The van der Waals surface area contributed by atoms with Crippen LogP contribution in [0.5, 0.6) is 0 Å². The van der Waals surface area contributed by atoms with Crippen molar-refractivity contribution in [2.75, 3.05) is 10.2 Å². The Labute approximate surface area is 248 Å². The number of thioether (sulfide) groups is 1. The van der Waals surface area contributed by atoms with E-state index in [4.69, 9.17) is 5.11 Å². The Morgan fingerprint density at radius 3 is 2.36 bits per heavy atom. The fraction of sp³-hybridized carbons (Fsp3) is 0.0645. The first-order valence-electron chi connectivity index (χ1n) is 12.7. The average molecular weight is 598 g/mol. The van der Waals surface area contributed by atoms with E-state index in [0.717, 1.165) is 9.78 Å². The van der Waals surface area contributed by atoms with E-state index in [2.05, 4.69) is 10.6 Å². The van der Waals surface area contributed by atoms with E-state index in [-0.39, 0.29) is 23.6 Å². The minimum atomic E-state index is -1.10. The number of carboxylic acids is 1. The number of carbonyl (C=O) groups is 5. The van der Waals surface area contributed by atoms with Gasteiger partial charge < -0.3 is 15.7 Å². The zero-order valence-electron chi connectivity index (χ0n) is 21.9. The van der Waals surface area contributed by atoms with Crippen molar-refractivity contribution in [3.63, 3.8) is 0 Å². The molecule has 1 atom stereocenters. The Bertz CT molecular complexity index is 1690. The van der Waals surface area contributed by atoms with Crippen LogP contribution in [0.4, 0.5) is 11.4 Å². The highest BCUT2D eigenvalue weighted by Gasteiger charge is 2.40. The van der Waals surface area contributed by atoms with E-state index in [1.807, 2.05) is 17.5 Å². The molecular weight excluding hydrogens is 574 g/mol. The molecule has 0 unspecified atom stereocenters. The predicted octanol–water partition coefficient (Wildman–Crippen LogP) is 5.28. The van der Waals surface area contributed by atoms with E-state index >= 15 is 0 Å². The summed E-state index contributed by atoms with van der Waals surface area (Å²) in [6, 6.07) is 24.6. The summed E-state index contributed by atoms with van der Waals surface area (Å²) in [5.41, 5.74) is 1.26. The van der Waals surface area contributed by atoms with Gasteiger partial charge in [-0.1, -0.05) is 30.3 Å². The SMILES string of the molecule is O=C(Nc1cccc(S[C@@H]2CC(=O)N(c3ccc(C(=O)O)cc3)C2=O)c1)/C(=C\c1cccs1)NC(=O)c1ccccc1. The molecule has 0 bridgehead atoms. The molecule has 11 heteroatoms. The number of nitrogens with one attached hydrogen (secondary N) is 2. The van der Waals surface area contributed by atoms with Crippen LogP contribution in [-0.2, 0) is 14.4 Å². The molecule has 4 aromatic rings. The second kappa shape index (κ2) is 12.7. The summed E-state index contributed by atoms with van der Waals surface area (Å²) >= 11 is 2.61. The van der Waals surface area contributed by atoms with Gasteiger partial charge in [-0.05, 0) is 72.1 Å². The number of rotatable bonds is 9. The topological polar surface area (TPSA) is 133 Å². The highest BCUT2D eigenvalue weighted by Crippen LogP contribution is 2.35. The molecule has 9 nitrogen and oxygen atoms in total. The van der Waals surface area contributed by atoms with Gasteiger partial charge in [0.1, 0.15) is 5.70 Å². The maximum atomic E-state index is 13.3. The quantitative estimate of drug-likeness (QED) is 0.177. The Morgan fingerprint density at radius 1 is 0.905 bits per heavy atom. The molecule has 0 radical (unpaired) electrons. The van der Waals surface area contributed by atoms with Gasteiger partial charge in [-0.2, -0.15) is 0 Å². The minimum absolute atomic E-state index is 0.0278. The number of aromatic carboxylic acids is 1. The molecule has 1 fully saturated rings. The molecule has 2 heterocycles. The van der Waals surface area contributed by atoms with Crippen LogP contribution in [-0.4, -0.2) is 40.0 Å². The van der Waals surface area contributed by atoms with Crippen molar-refractivity contribution in [3.05, 3.63) is 118 Å². The van der Waals surface area contributed by atoms with Crippen LogP contribution in [0, 0.1) is 0 Å². The zero-order chi connectivity index (χ0) is 29.6. The molecule has 3 aromatic carbocycles. The van der Waals surface area contributed by atoms with Crippen LogP contribution in [0.1, 0.15) is 32.0 Å². The molecule has 0 spiro atoms. The number of hydrogen-bond acceptors (Lipinski definition) is 7. The highest BCUT2D eigenvalue weighted by molar-refractivity contribution is 8.00. The van der Waals surface area contributed by atoms with Gasteiger partial charge in [0, 0.05) is 27.4 Å². The van der Waals surface area contributed by atoms with Gasteiger partial charge in [0.2, 0.25) is 11.8 Å². The lowest BCUT2D eigenvalue weighted by atomic mass is 10.2. The maximum absolute atomic E-state index is 13.3. The summed E-state index contributed by atoms with van der Waals surface area (Å²) in [5.74, 6) is -2.86. The van der Waals surface area contributed by atoms with Gasteiger partial charge in [-0.25, -0.2) is 9.69 Å². The molecular formula is C31H23N3O6S2. The fourth-order valence-electron chi connectivity index (χ4n) is 4.19. The normalized spacial score (nSPS) is 15.0. The molecule has 0 saturated carbocycles. The first kappa shape index (κ1) is 28.5. The van der Waals surface area contributed by atoms with Crippen molar-refractivity contribution in [3.8, 4) is 0 Å². The summed E-state index contributed by atoms with van der Waals surface area (Å²) in [6.45, 7) is 0. The smallest absolute Gasteiger partial charge is 0.335 e. The first-order chi connectivity index (χ1) is 20.3. The molecule has 3 N–H and O–H groups in total. The Hall–Kier alpha value is -5.00. The number of imide groups is 1. The van der Waals surface area contributed by atoms with Crippen LogP contribution in [0.25, 0.3) is 6.08 Å². The molecule has 1 aliphatic rings. The van der Waals surface area contributed by atoms with Crippen molar-refractivity contribution >= 4 is 70.1 Å². The van der Waals surface area contributed by atoms with Crippen molar-refractivity contribution < 1.29 is 29.1 Å². The second-order valence-electron chi connectivity index (χ2n) is 9.11. The summed E-state index contributed by atoms with van der Waals surface area (Å²) in [5, 5.41) is 15.8. The third-order valence-corrected chi connectivity index (χ3v) is 8.20. The fourth-order valence-corrected chi connectivity index (χ4v) is 5.96. The maximum Gasteiger partial charge on any atom is 0.335 e. The molecule has 5 rings (SSSR count). The third kappa shape index (κ3) is 6.65. The molecule has 1 aromatic heterocycles. The van der Waals surface area contributed by atoms with E-state index < -0.39 is 28.9 Å². The van der Waals surface area contributed by atoms with Crippen molar-refractivity contribution in [1.29, 1.82) is 0 Å². The summed E-state index contributed by atoms with van der Waals surface area (Å²) in [6.07, 6.45) is 1.57. The largest absolute Gasteiger partial charge is 0.478 e. The molecule has 1 aliphatic heterocycles. The molecule has 42 heavy (non-hydrogen) atoms. The van der Waals surface area contributed by atoms with Crippen LogP contribution in [0.2, 0.25) is 0 Å². The number of amides is 4. The molecule has 1 saturated heterocycles. The lowest BCUT2D eigenvalue weighted by molar-refractivity contribution is -0.121. The Balaban J connectivity index is 1.29. The highest BCUT2D eigenvalue weighted by atomic mass is 32.2. The third-order valence-electron chi connectivity index (χ3n) is 6.21. The van der Waals surface area contributed by atoms with E-state index in [1.165, 1.54) is 47.4 Å². The summed E-state index contributed by atoms with van der Waals surface area (Å²) in [4.78, 5) is 65.5. The Kier molecular flexibility index (Phi) is 8.60. The van der Waals surface area contributed by atoms with E-state index in [9.17, 15) is 24.0 Å². The van der Waals surface area contributed by atoms with Crippen molar-refractivity contribution in [2.24, 2.45) is 0 Å². The number of carboxylic acid groups (broad SMARTS) is 1. The first-order valence-corrected chi connectivity index (χ1v) is 14.4. The van der Waals surface area contributed by atoms with E-state index in [1.54, 1.807) is 60.7 Å².